The second kappa shape index (κ2) is 6.79. The van der Waals surface area contributed by atoms with E-state index in [1.165, 1.54) is 31.4 Å². The first-order valence-electron chi connectivity index (χ1n) is 8.64. The fourth-order valence-corrected chi connectivity index (χ4v) is 4.34. The molecule has 0 bridgehead atoms. The molecule has 3 atom stereocenters. The Kier molecular flexibility index (Phi) is 4.43. The van der Waals surface area contributed by atoms with Crippen molar-refractivity contribution in [2.24, 2.45) is 5.92 Å². The van der Waals surface area contributed by atoms with E-state index in [1.54, 1.807) is 6.07 Å². The predicted octanol–water partition coefficient (Wildman–Crippen LogP) is 4.99. The summed E-state index contributed by atoms with van der Waals surface area (Å²) in [4.78, 5) is 21.6. The number of non-ortho nitro benzene ring substituents is 2. The Morgan fingerprint density at radius 3 is 2.50 bits per heavy atom. The van der Waals surface area contributed by atoms with Gasteiger partial charge in [0.05, 0.1) is 34.8 Å². The smallest absolute Gasteiger partial charge is 0.273 e. The molecule has 1 heterocycles. The van der Waals surface area contributed by atoms with E-state index < -0.39 is 9.85 Å². The first kappa shape index (κ1) is 18.2. The van der Waals surface area contributed by atoms with Crippen molar-refractivity contribution in [3.63, 3.8) is 0 Å². The van der Waals surface area contributed by atoms with Crippen LogP contribution in [0.5, 0.6) is 5.75 Å². The number of nitro benzene ring substituents is 2. The van der Waals surface area contributed by atoms with E-state index in [0.717, 1.165) is 12.0 Å². The van der Waals surface area contributed by atoms with Gasteiger partial charge in [-0.3, -0.25) is 20.2 Å². The summed E-state index contributed by atoms with van der Waals surface area (Å²) in [6.07, 6.45) is 4.77. The van der Waals surface area contributed by atoms with E-state index in [2.05, 4.69) is 5.32 Å². The van der Waals surface area contributed by atoms with Gasteiger partial charge < -0.3 is 10.1 Å². The fourth-order valence-electron chi connectivity index (χ4n) is 4.11. The standard InChI is InChI=1S/C19H16ClN3O5/c1-28-17-9-11(23(26)27)8-14-12-3-2-4-13(12)18(21-19(14)17)15-7-10(22(24)25)5-6-16(15)20/h2-3,5-9,12-13,18,21H,4H2,1H3/t12-,13-,18+/m1/s1. The third-order valence-electron chi connectivity index (χ3n) is 5.37. The van der Waals surface area contributed by atoms with Gasteiger partial charge in [-0.1, -0.05) is 23.8 Å². The number of hydrogen-bond acceptors (Lipinski definition) is 6. The Morgan fingerprint density at radius 1 is 1.11 bits per heavy atom. The molecule has 2 aromatic carbocycles. The van der Waals surface area contributed by atoms with Crippen LogP contribution in [-0.2, 0) is 0 Å². The van der Waals surface area contributed by atoms with Crippen LogP contribution < -0.4 is 10.1 Å². The molecule has 0 aromatic heterocycles. The summed E-state index contributed by atoms with van der Waals surface area (Å²) >= 11 is 6.39. The van der Waals surface area contributed by atoms with E-state index in [1.807, 2.05) is 12.2 Å². The summed E-state index contributed by atoms with van der Waals surface area (Å²) in [5, 5.41) is 26.3. The normalized spacial score (nSPS) is 22.1. The van der Waals surface area contributed by atoms with Crippen LogP contribution in [0, 0.1) is 26.1 Å². The first-order valence-corrected chi connectivity index (χ1v) is 9.02. The number of benzene rings is 2. The molecule has 2 aliphatic rings. The first-order chi connectivity index (χ1) is 13.4. The van der Waals surface area contributed by atoms with Crippen molar-refractivity contribution >= 4 is 28.7 Å². The van der Waals surface area contributed by atoms with E-state index in [-0.39, 0.29) is 29.3 Å². The van der Waals surface area contributed by atoms with Gasteiger partial charge >= 0.3 is 0 Å². The van der Waals surface area contributed by atoms with Crippen molar-refractivity contribution in [1.29, 1.82) is 0 Å². The zero-order chi connectivity index (χ0) is 20.0. The van der Waals surface area contributed by atoms with Gasteiger partial charge in [0, 0.05) is 34.7 Å². The van der Waals surface area contributed by atoms with Crippen LogP contribution in [0.3, 0.4) is 0 Å². The Labute approximate surface area is 165 Å². The maximum Gasteiger partial charge on any atom is 0.273 e. The molecule has 0 saturated heterocycles. The van der Waals surface area contributed by atoms with Gasteiger partial charge in [-0.25, -0.2) is 0 Å². The molecule has 0 spiro atoms. The minimum atomic E-state index is -0.453. The highest BCUT2D eigenvalue weighted by atomic mass is 35.5. The number of nitro groups is 2. The van der Waals surface area contributed by atoms with Crippen molar-refractivity contribution in [2.45, 2.75) is 18.4 Å². The molecular weight excluding hydrogens is 386 g/mol. The number of nitrogens with one attached hydrogen (secondary N) is 1. The number of nitrogens with zero attached hydrogens (tertiary/aromatic N) is 2. The summed E-state index contributed by atoms with van der Waals surface area (Å²) in [5.41, 5.74) is 1.98. The van der Waals surface area contributed by atoms with Gasteiger partial charge in [-0.2, -0.15) is 0 Å². The summed E-state index contributed by atoms with van der Waals surface area (Å²) in [5.74, 6) is 0.304. The highest BCUT2D eigenvalue weighted by Crippen LogP contribution is 2.54. The number of methoxy groups -OCH3 is 1. The maximum absolute atomic E-state index is 11.3. The zero-order valence-electron chi connectivity index (χ0n) is 14.8. The zero-order valence-corrected chi connectivity index (χ0v) is 15.6. The third kappa shape index (κ3) is 2.86. The molecule has 0 amide bonds. The molecule has 2 aromatic rings. The monoisotopic (exact) mass is 401 g/mol. The summed E-state index contributed by atoms with van der Waals surface area (Å²) in [6.45, 7) is 0. The Balaban J connectivity index is 1.86. The number of fused-ring (bicyclic) bond motifs is 3. The quantitative estimate of drug-likeness (QED) is 0.439. The second-order valence-corrected chi connectivity index (χ2v) is 7.21. The van der Waals surface area contributed by atoms with Gasteiger partial charge in [-0.05, 0) is 24.0 Å². The topological polar surface area (TPSA) is 108 Å². The number of halogens is 1. The van der Waals surface area contributed by atoms with Crippen molar-refractivity contribution < 1.29 is 14.6 Å². The van der Waals surface area contributed by atoms with Crippen LogP contribution in [0.4, 0.5) is 17.1 Å². The SMILES string of the molecule is COc1cc([N+](=O)[O-])cc2c1N[C@H](c1cc([N+](=O)[O-])ccc1Cl)[C@@H]1CC=C[C@@H]21. The van der Waals surface area contributed by atoms with E-state index in [4.69, 9.17) is 16.3 Å². The van der Waals surface area contributed by atoms with Gasteiger partial charge in [0.15, 0.2) is 0 Å². The molecule has 0 radical (unpaired) electrons. The van der Waals surface area contributed by atoms with Crippen molar-refractivity contribution in [2.75, 3.05) is 12.4 Å². The lowest BCUT2D eigenvalue weighted by molar-refractivity contribution is -0.385. The van der Waals surface area contributed by atoms with Gasteiger partial charge in [0.2, 0.25) is 0 Å². The summed E-state index contributed by atoms with van der Waals surface area (Å²) in [6, 6.07) is 7.02. The number of hydrogen-bond donors (Lipinski definition) is 1. The lowest BCUT2D eigenvalue weighted by atomic mass is 9.76. The van der Waals surface area contributed by atoms with Crippen LogP contribution in [-0.4, -0.2) is 17.0 Å². The Bertz CT molecular complexity index is 1020. The van der Waals surface area contributed by atoms with Gasteiger partial charge in [0.25, 0.3) is 11.4 Å². The summed E-state index contributed by atoms with van der Waals surface area (Å²) < 4.78 is 5.40. The highest BCUT2D eigenvalue weighted by Gasteiger charge is 2.41. The van der Waals surface area contributed by atoms with Crippen LogP contribution in [0.25, 0.3) is 0 Å². The highest BCUT2D eigenvalue weighted by molar-refractivity contribution is 6.31. The van der Waals surface area contributed by atoms with Crippen LogP contribution in [0.2, 0.25) is 5.02 Å². The molecule has 8 nitrogen and oxygen atoms in total. The van der Waals surface area contributed by atoms with Crippen molar-refractivity contribution in [1.82, 2.24) is 0 Å². The van der Waals surface area contributed by atoms with Crippen LogP contribution in [0.15, 0.2) is 42.5 Å². The lowest BCUT2D eigenvalue weighted by Crippen LogP contribution is -2.29. The van der Waals surface area contributed by atoms with Gasteiger partial charge in [-0.15, -0.1) is 0 Å². The minimum absolute atomic E-state index is 0.0266. The number of anilines is 1. The van der Waals surface area contributed by atoms with E-state index in [9.17, 15) is 20.2 Å². The minimum Gasteiger partial charge on any atom is -0.494 e. The molecule has 1 N–H and O–H groups in total. The maximum atomic E-state index is 11.3. The van der Waals surface area contributed by atoms with E-state index >= 15 is 0 Å². The molecule has 0 unspecified atom stereocenters. The number of allylic oxidation sites excluding steroid dienone is 2. The summed E-state index contributed by atoms with van der Waals surface area (Å²) in [7, 11) is 1.45. The molecule has 0 fully saturated rings. The average molecular weight is 402 g/mol. The van der Waals surface area contributed by atoms with Crippen LogP contribution in [0.1, 0.15) is 29.5 Å². The molecular formula is C19H16ClN3O5. The molecule has 4 rings (SSSR count). The lowest BCUT2D eigenvalue weighted by Gasteiger charge is -2.38. The Hall–Kier alpha value is -3.13. The Morgan fingerprint density at radius 2 is 1.82 bits per heavy atom. The molecule has 28 heavy (non-hydrogen) atoms. The predicted molar refractivity (Wildman–Crippen MR) is 104 cm³/mol. The third-order valence-corrected chi connectivity index (χ3v) is 5.72. The van der Waals surface area contributed by atoms with Crippen molar-refractivity contribution in [3.05, 3.63) is 78.9 Å². The van der Waals surface area contributed by atoms with Crippen molar-refractivity contribution in [3.8, 4) is 5.75 Å². The molecule has 9 heteroatoms. The fraction of sp³-hybridized carbons (Fsp3) is 0.263. The van der Waals surface area contributed by atoms with Crippen LogP contribution >= 0.6 is 11.6 Å². The molecule has 0 saturated carbocycles. The average Bonchev–Trinajstić information content (AvgIpc) is 3.17. The molecule has 1 aliphatic heterocycles. The largest absolute Gasteiger partial charge is 0.494 e. The van der Waals surface area contributed by atoms with E-state index in [0.29, 0.717) is 22.0 Å². The number of rotatable bonds is 4. The van der Waals surface area contributed by atoms with Gasteiger partial charge in [0.1, 0.15) is 5.75 Å². The number of ether oxygens (including phenoxy) is 1. The second-order valence-electron chi connectivity index (χ2n) is 6.81. The molecule has 1 aliphatic carbocycles. The molecule has 144 valence electrons.